The van der Waals surface area contributed by atoms with Crippen molar-refractivity contribution in [2.45, 2.75) is 83.7 Å². The summed E-state index contributed by atoms with van der Waals surface area (Å²) in [6, 6.07) is 0. The normalized spacial score (nSPS) is 11.6. The molecule has 0 spiro atoms. The molecule has 0 fully saturated rings. The fourth-order valence-corrected chi connectivity index (χ4v) is 2.30. The molecule has 0 aromatic heterocycles. The van der Waals surface area contributed by atoms with Gasteiger partial charge < -0.3 is 19.7 Å². The second-order valence-corrected chi connectivity index (χ2v) is 6.11. The molecule has 1 atom stereocenters. The van der Waals surface area contributed by atoms with Gasteiger partial charge in [0, 0.05) is 32.1 Å². The van der Waals surface area contributed by atoms with Gasteiger partial charge in [0.05, 0.1) is 6.61 Å². The van der Waals surface area contributed by atoms with E-state index < -0.39 is 11.9 Å². The largest absolute Gasteiger partial charge is 0.481 e. The molecular formula is C18H30O8. The Morgan fingerprint density at radius 1 is 0.769 bits per heavy atom. The molecule has 0 aliphatic carbocycles. The summed E-state index contributed by atoms with van der Waals surface area (Å²) in [5.41, 5.74) is 0. The molecule has 0 rings (SSSR count). The number of rotatable bonds is 16. The van der Waals surface area contributed by atoms with Crippen LogP contribution < -0.4 is 0 Å². The van der Waals surface area contributed by atoms with E-state index in [4.69, 9.17) is 19.7 Å². The highest BCUT2D eigenvalue weighted by molar-refractivity contribution is 5.70. The molecule has 0 aromatic rings. The second-order valence-electron chi connectivity index (χ2n) is 6.11. The first kappa shape index (κ1) is 23.9. The Labute approximate surface area is 153 Å². The van der Waals surface area contributed by atoms with Crippen molar-refractivity contribution in [2.75, 3.05) is 6.61 Å². The molecule has 0 radical (unpaired) electrons. The Morgan fingerprint density at radius 2 is 1.27 bits per heavy atom. The van der Waals surface area contributed by atoms with Crippen molar-refractivity contribution in [3.63, 3.8) is 0 Å². The van der Waals surface area contributed by atoms with Gasteiger partial charge in [-0.3, -0.25) is 19.2 Å². The minimum Gasteiger partial charge on any atom is -0.481 e. The summed E-state index contributed by atoms with van der Waals surface area (Å²) in [6.45, 7) is 2.11. The van der Waals surface area contributed by atoms with Crippen LogP contribution in [0.3, 0.4) is 0 Å². The molecule has 0 bridgehead atoms. The van der Waals surface area contributed by atoms with Crippen molar-refractivity contribution in [1.82, 2.24) is 0 Å². The number of carbonyl (C=O) groups excluding carboxylic acids is 2. The molecule has 1 unspecified atom stereocenters. The van der Waals surface area contributed by atoms with Gasteiger partial charge in [0.25, 0.3) is 0 Å². The third-order valence-corrected chi connectivity index (χ3v) is 3.65. The highest BCUT2D eigenvalue weighted by Gasteiger charge is 2.15. The lowest BCUT2D eigenvalue weighted by Crippen LogP contribution is -2.21. The zero-order valence-corrected chi connectivity index (χ0v) is 15.4. The van der Waals surface area contributed by atoms with Crippen LogP contribution in [0.5, 0.6) is 0 Å². The Morgan fingerprint density at radius 3 is 1.77 bits per heavy atom. The van der Waals surface area contributed by atoms with E-state index >= 15 is 0 Å². The van der Waals surface area contributed by atoms with E-state index in [1.54, 1.807) is 0 Å². The van der Waals surface area contributed by atoms with Crippen LogP contribution in [-0.4, -0.2) is 46.8 Å². The van der Waals surface area contributed by atoms with Crippen LogP contribution in [0.2, 0.25) is 0 Å². The molecule has 26 heavy (non-hydrogen) atoms. The predicted molar refractivity (Wildman–Crippen MR) is 92.6 cm³/mol. The quantitative estimate of drug-likeness (QED) is 0.312. The molecule has 150 valence electrons. The number of hydrogen-bond acceptors (Lipinski definition) is 6. The van der Waals surface area contributed by atoms with Crippen molar-refractivity contribution in [3.05, 3.63) is 0 Å². The number of carbonyl (C=O) groups is 4. The lowest BCUT2D eigenvalue weighted by Gasteiger charge is -2.17. The van der Waals surface area contributed by atoms with Crippen LogP contribution in [0.15, 0.2) is 0 Å². The zero-order valence-electron chi connectivity index (χ0n) is 15.4. The predicted octanol–water partition coefficient (Wildman–Crippen LogP) is 2.92. The van der Waals surface area contributed by atoms with Crippen molar-refractivity contribution in [1.29, 1.82) is 0 Å². The van der Waals surface area contributed by atoms with Crippen molar-refractivity contribution in [2.24, 2.45) is 0 Å². The van der Waals surface area contributed by atoms with E-state index in [-0.39, 0.29) is 50.3 Å². The van der Waals surface area contributed by atoms with Gasteiger partial charge in [-0.05, 0) is 32.1 Å². The first-order chi connectivity index (χ1) is 12.3. The number of carboxylic acids is 2. The van der Waals surface area contributed by atoms with E-state index in [1.165, 1.54) is 0 Å². The number of unbranched alkanes of at least 4 members (excludes halogenated alkanes) is 2. The summed E-state index contributed by atoms with van der Waals surface area (Å²) in [4.78, 5) is 44.1. The topological polar surface area (TPSA) is 127 Å². The smallest absolute Gasteiger partial charge is 0.306 e. The maximum absolute atomic E-state index is 11.8. The maximum Gasteiger partial charge on any atom is 0.306 e. The monoisotopic (exact) mass is 374 g/mol. The fraction of sp³-hybridized carbons (Fsp3) is 0.778. The van der Waals surface area contributed by atoms with Gasteiger partial charge in [0.2, 0.25) is 0 Å². The van der Waals surface area contributed by atoms with Crippen LogP contribution >= 0.6 is 0 Å². The zero-order chi connectivity index (χ0) is 19.8. The SMILES string of the molecule is CCCC(CCOC(=O)CCCCC(=O)O)OC(=O)CCCCC(=O)O. The van der Waals surface area contributed by atoms with Crippen LogP contribution in [0.1, 0.15) is 77.6 Å². The Bertz CT molecular complexity index is 446. The van der Waals surface area contributed by atoms with Crippen molar-refractivity contribution in [3.8, 4) is 0 Å². The molecule has 0 aliphatic rings. The summed E-state index contributed by atoms with van der Waals surface area (Å²) >= 11 is 0. The van der Waals surface area contributed by atoms with E-state index in [2.05, 4.69) is 0 Å². The summed E-state index contributed by atoms with van der Waals surface area (Å²) in [5.74, 6) is -2.52. The highest BCUT2D eigenvalue weighted by Crippen LogP contribution is 2.11. The van der Waals surface area contributed by atoms with Gasteiger partial charge >= 0.3 is 23.9 Å². The Balaban J connectivity index is 3.92. The number of carboxylic acid groups (broad SMARTS) is 2. The molecule has 0 aromatic carbocycles. The summed E-state index contributed by atoms with van der Waals surface area (Å²) in [5, 5.41) is 17.1. The van der Waals surface area contributed by atoms with Gasteiger partial charge in [0.1, 0.15) is 6.10 Å². The molecule has 2 N–H and O–H groups in total. The molecule has 0 aliphatic heterocycles. The van der Waals surface area contributed by atoms with E-state index in [0.717, 1.165) is 6.42 Å². The minimum absolute atomic E-state index is 0.0358. The molecule has 0 saturated carbocycles. The third kappa shape index (κ3) is 15.4. The third-order valence-electron chi connectivity index (χ3n) is 3.65. The van der Waals surface area contributed by atoms with Crippen LogP contribution in [-0.2, 0) is 28.7 Å². The van der Waals surface area contributed by atoms with E-state index in [1.807, 2.05) is 6.92 Å². The van der Waals surface area contributed by atoms with Crippen LogP contribution in [0.25, 0.3) is 0 Å². The first-order valence-electron chi connectivity index (χ1n) is 9.13. The maximum atomic E-state index is 11.8. The van der Waals surface area contributed by atoms with Crippen molar-refractivity contribution >= 4 is 23.9 Å². The standard InChI is InChI=1S/C18H30O8/c1-2-7-14(26-18(24)11-6-4-9-16(21)22)12-13-25-17(23)10-5-3-8-15(19)20/h14H,2-13H2,1H3,(H,19,20)(H,21,22). The summed E-state index contributed by atoms with van der Waals surface area (Å²) in [7, 11) is 0. The number of ether oxygens (including phenoxy) is 2. The first-order valence-corrected chi connectivity index (χ1v) is 9.13. The fourth-order valence-electron chi connectivity index (χ4n) is 2.30. The second kappa shape index (κ2) is 15.2. The molecule has 0 amide bonds. The lowest BCUT2D eigenvalue weighted by atomic mass is 10.1. The van der Waals surface area contributed by atoms with Crippen LogP contribution in [0, 0.1) is 0 Å². The Hall–Kier alpha value is -2.12. The molecule has 8 nitrogen and oxygen atoms in total. The number of esters is 2. The summed E-state index contributed by atoms with van der Waals surface area (Å²) < 4.78 is 10.5. The average molecular weight is 374 g/mol. The van der Waals surface area contributed by atoms with Gasteiger partial charge in [-0.1, -0.05) is 13.3 Å². The van der Waals surface area contributed by atoms with E-state index in [9.17, 15) is 19.2 Å². The molecule has 0 saturated heterocycles. The van der Waals surface area contributed by atoms with Gasteiger partial charge in [-0.15, -0.1) is 0 Å². The minimum atomic E-state index is -0.884. The van der Waals surface area contributed by atoms with Crippen LogP contribution in [0.4, 0.5) is 0 Å². The Kier molecular flexibility index (Phi) is 13.9. The van der Waals surface area contributed by atoms with Gasteiger partial charge in [0.15, 0.2) is 0 Å². The molecule has 8 heteroatoms. The number of aliphatic carboxylic acids is 2. The van der Waals surface area contributed by atoms with Crippen molar-refractivity contribution < 1.29 is 38.9 Å². The molecular weight excluding hydrogens is 344 g/mol. The molecule has 0 heterocycles. The van der Waals surface area contributed by atoms with Gasteiger partial charge in [-0.25, -0.2) is 0 Å². The highest BCUT2D eigenvalue weighted by atomic mass is 16.6. The number of hydrogen-bond donors (Lipinski definition) is 2. The van der Waals surface area contributed by atoms with Gasteiger partial charge in [-0.2, -0.15) is 0 Å². The lowest BCUT2D eigenvalue weighted by molar-refractivity contribution is -0.152. The van der Waals surface area contributed by atoms with E-state index in [0.29, 0.717) is 38.5 Å². The average Bonchev–Trinajstić information content (AvgIpc) is 2.55. The summed E-state index contributed by atoms with van der Waals surface area (Å²) in [6.07, 6.45) is 3.79.